The van der Waals surface area contributed by atoms with Gasteiger partial charge in [-0.1, -0.05) is 36.7 Å². The number of benzene rings is 2. The second-order valence-corrected chi connectivity index (χ2v) is 17.3. The molecule has 1 aromatic heterocycles. The van der Waals surface area contributed by atoms with Gasteiger partial charge in [-0.2, -0.15) is 0 Å². The van der Waals surface area contributed by atoms with E-state index in [2.05, 4.69) is 38.3 Å². The Kier molecular flexibility index (Phi) is 10.1. The molecular weight excluding hydrogens is 688 g/mol. The Morgan fingerprint density at radius 1 is 1.22 bits per heavy atom. The summed E-state index contributed by atoms with van der Waals surface area (Å²) in [6.07, 6.45) is 11.3. The second-order valence-electron chi connectivity index (χ2n) is 14.9. The normalized spacial score (nSPS) is 29.8. The van der Waals surface area contributed by atoms with Gasteiger partial charge in [0.1, 0.15) is 15.7 Å². The van der Waals surface area contributed by atoms with Crippen LogP contribution in [0.2, 0.25) is 5.02 Å². The van der Waals surface area contributed by atoms with E-state index in [0.717, 1.165) is 49.4 Å². The van der Waals surface area contributed by atoms with Crippen molar-refractivity contribution in [2.45, 2.75) is 63.6 Å². The van der Waals surface area contributed by atoms with Crippen LogP contribution in [0.25, 0.3) is 0 Å². The summed E-state index contributed by atoms with van der Waals surface area (Å²) in [6, 6.07) is 13.1. The van der Waals surface area contributed by atoms with E-state index in [0.29, 0.717) is 42.9 Å². The van der Waals surface area contributed by atoms with Gasteiger partial charge in [-0.05, 0) is 104 Å². The number of nitrogens with one attached hydrogen (secondary N) is 1. The largest absolute Gasteiger partial charge is 0.490 e. The number of halogens is 1. The van der Waals surface area contributed by atoms with E-state index in [4.69, 9.17) is 21.1 Å². The molecule has 4 aliphatic rings. The van der Waals surface area contributed by atoms with Crippen LogP contribution in [0, 0.1) is 17.8 Å². The van der Waals surface area contributed by atoms with E-state index in [-0.39, 0.29) is 40.9 Å². The number of hydrogen-bond acceptors (Lipinski definition) is 7. The van der Waals surface area contributed by atoms with E-state index in [1.807, 2.05) is 25.1 Å². The molecule has 1 unspecified atom stereocenters. The van der Waals surface area contributed by atoms with Crippen molar-refractivity contribution in [3.8, 4) is 5.75 Å². The first kappa shape index (κ1) is 35.7. The summed E-state index contributed by atoms with van der Waals surface area (Å²) in [7, 11) is -0.0983. The number of anilines is 1. The summed E-state index contributed by atoms with van der Waals surface area (Å²) in [5.41, 5.74) is 4.09. The van der Waals surface area contributed by atoms with Gasteiger partial charge >= 0.3 is 0 Å². The van der Waals surface area contributed by atoms with Crippen molar-refractivity contribution in [1.29, 1.82) is 0 Å². The molecule has 1 saturated carbocycles. The maximum absolute atomic E-state index is 14.5. The van der Waals surface area contributed by atoms with Crippen LogP contribution in [0.3, 0.4) is 0 Å². The smallest absolute Gasteiger partial charge is 0.286 e. The first-order valence-electron chi connectivity index (χ1n) is 17.9. The highest BCUT2D eigenvalue weighted by molar-refractivity contribution is 7.92. The fraction of sp³-hybridized carbons (Fsp3) is 0.487. The van der Waals surface area contributed by atoms with Gasteiger partial charge < -0.3 is 24.0 Å². The van der Waals surface area contributed by atoms with Crippen LogP contribution in [-0.4, -0.2) is 64.4 Å². The average Bonchev–Trinajstić information content (AvgIpc) is 3.40. The SMILES string of the molecule is CO[C@H]1/C=C/C[C@H](C)CS(=O)(NC(=O)c2cc(CO)n(C)c2)=NC(=O)c2ccc3c(c2)N(C[C@@H]2CC[C@H]21)C[C@@]1(CCCc2cc(Cl)ccc21)CO3. The zero-order valence-electron chi connectivity index (χ0n) is 29.5. The van der Waals surface area contributed by atoms with Gasteiger partial charge in [-0.15, -0.1) is 4.36 Å². The highest BCUT2D eigenvalue weighted by Gasteiger charge is 2.44. The third kappa shape index (κ3) is 7.23. The molecule has 3 aromatic rings. The van der Waals surface area contributed by atoms with Gasteiger partial charge in [0.05, 0.1) is 36.3 Å². The van der Waals surface area contributed by atoms with Crippen molar-refractivity contribution in [2.24, 2.45) is 29.2 Å². The molecule has 2 N–H and O–H groups in total. The number of aliphatic hydroxyl groups excluding tert-OH is 1. The molecule has 272 valence electrons. The lowest BCUT2D eigenvalue weighted by molar-refractivity contribution is 0.0131. The number of allylic oxidation sites excluding steroid dienone is 1. The fourth-order valence-electron chi connectivity index (χ4n) is 8.46. The Labute approximate surface area is 305 Å². The van der Waals surface area contributed by atoms with Crippen LogP contribution < -0.4 is 14.4 Å². The number of amides is 2. The summed E-state index contributed by atoms with van der Waals surface area (Å²) in [5.74, 6) is -0.0879. The lowest BCUT2D eigenvalue weighted by Gasteiger charge is -2.46. The molecule has 1 spiro atoms. The number of aromatic nitrogens is 1. The molecule has 6 atom stereocenters. The van der Waals surface area contributed by atoms with E-state index < -0.39 is 21.7 Å². The lowest BCUT2D eigenvalue weighted by atomic mass is 9.68. The number of methoxy groups -OCH3 is 1. The molecular formula is C39H47ClN4O6S. The third-order valence-electron chi connectivity index (χ3n) is 11.3. The molecule has 2 bridgehead atoms. The molecule has 1 fully saturated rings. The topological polar surface area (TPSA) is 122 Å². The van der Waals surface area contributed by atoms with E-state index in [1.165, 1.54) is 17.2 Å². The summed E-state index contributed by atoms with van der Waals surface area (Å²) in [6.45, 7) is 3.65. The molecule has 51 heavy (non-hydrogen) atoms. The monoisotopic (exact) mass is 734 g/mol. The Hall–Kier alpha value is -3.64. The van der Waals surface area contributed by atoms with Crippen LogP contribution >= 0.6 is 11.6 Å². The van der Waals surface area contributed by atoms with Crippen LogP contribution in [-0.2, 0) is 40.1 Å². The van der Waals surface area contributed by atoms with Crippen molar-refractivity contribution < 1.29 is 28.4 Å². The fourth-order valence-corrected chi connectivity index (χ4v) is 10.5. The first-order valence-corrected chi connectivity index (χ1v) is 19.9. The Morgan fingerprint density at radius 2 is 2.06 bits per heavy atom. The summed E-state index contributed by atoms with van der Waals surface area (Å²) in [5, 5.41) is 10.4. The highest BCUT2D eigenvalue weighted by atomic mass is 35.5. The van der Waals surface area contributed by atoms with Gasteiger partial charge in [0.25, 0.3) is 11.8 Å². The second kappa shape index (κ2) is 14.4. The van der Waals surface area contributed by atoms with Crippen molar-refractivity contribution in [3.05, 3.63) is 93.8 Å². The van der Waals surface area contributed by atoms with Crippen molar-refractivity contribution in [3.63, 3.8) is 0 Å². The van der Waals surface area contributed by atoms with Crippen LogP contribution in [0.15, 0.2) is 65.2 Å². The molecule has 2 aliphatic carbocycles. The Balaban J connectivity index is 1.30. The molecule has 2 aromatic carbocycles. The molecule has 2 amide bonds. The highest BCUT2D eigenvalue weighted by Crippen LogP contribution is 2.47. The van der Waals surface area contributed by atoms with Gasteiger partial charge in [0.2, 0.25) is 0 Å². The lowest BCUT2D eigenvalue weighted by Crippen LogP contribution is -2.49. The van der Waals surface area contributed by atoms with Crippen molar-refractivity contribution in [2.75, 3.05) is 37.5 Å². The van der Waals surface area contributed by atoms with Gasteiger partial charge in [-0.25, -0.2) is 4.21 Å². The van der Waals surface area contributed by atoms with Crippen LogP contribution in [0.4, 0.5) is 5.69 Å². The third-order valence-corrected chi connectivity index (χ3v) is 13.5. The summed E-state index contributed by atoms with van der Waals surface area (Å²) >= 11 is 6.45. The number of carbonyl (C=O) groups excluding carboxylic acids is 2. The van der Waals surface area contributed by atoms with E-state index in [1.54, 1.807) is 31.0 Å². The Bertz CT molecular complexity index is 1990. The number of aliphatic hydroxyl groups is 1. The van der Waals surface area contributed by atoms with E-state index >= 15 is 0 Å². The standard InChI is InChI=1S/C39H47ClN4O6S/c1-25-6-4-8-35(49-3)32-12-9-28(32)20-44-23-39(15-5-7-26-16-30(40)11-13-33(26)39)24-50-36-14-10-27(18-34(36)44)37(46)41-51(48,22-25)42-38(47)29-17-31(21-45)43(2)19-29/h4,8,10-11,13-14,16-19,25,28,32,35,45H,5-7,9,12,15,20-24H2,1-3H3,(H,41,42,46,47,48)/b8-4+/t25-,28-,32+,35-,39-,51?/m0/s1. The summed E-state index contributed by atoms with van der Waals surface area (Å²) in [4.78, 5) is 29.8. The number of nitrogens with zero attached hydrogens (tertiary/aromatic N) is 3. The number of rotatable bonds is 4. The summed E-state index contributed by atoms with van der Waals surface area (Å²) < 4.78 is 35.7. The number of hydrogen-bond donors (Lipinski definition) is 2. The quantitative estimate of drug-likeness (QED) is 0.305. The molecule has 10 nitrogen and oxygen atoms in total. The van der Waals surface area contributed by atoms with Gasteiger partial charge in [0.15, 0.2) is 0 Å². The maximum atomic E-state index is 14.5. The van der Waals surface area contributed by atoms with Crippen LogP contribution in [0.5, 0.6) is 5.75 Å². The van der Waals surface area contributed by atoms with Gasteiger partial charge in [-0.3, -0.25) is 14.3 Å². The number of aryl methyl sites for hydroxylation is 2. The molecule has 0 radical (unpaired) electrons. The van der Waals surface area contributed by atoms with Crippen LogP contribution in [0.1, 0.15) is 76.6 Å². The molecule has 7 rings (SSSR count). The first-order chi connectivity index (χ1) is 24.5. The van der Waals surface area contributed by atoms with Gasteiger partial charge in [0, 0.05) is 55.1 Å². The minimum absolute atomic E-state index is 0.0235. The number of fused-ring (bicyclic) bond motifs is 4. The average molecular weight is 735 g/mol. The Morgan fingerprint density at radius 3 is 2.80 bits per heavy atom. The molecule has 12 heteroatoms. The molecule has 2 aliphatic heterocycles. The predicted molar refractivity (Wildman–Crippen MR) is 199 cm³/mol. The van der Waals surface area contributed by atoms with Crippen molar-refractivity contribution >= 4 is 39.0 Å². The minimum atomic E-state index is -3.57. The van der Waals surface area contributed by atoms with Crippen molar-refractivity contribution in [1.82, 2.24) is 9.29 Å². The zero-order chi connectivity index (χ0) is 35.9. The van der Waals surface area contributed by atoms with E-state index in [9.17, 15) is 18.9 Å². The molecule has 3 heterocycles. The molecule has 0 saturated heterocycles. The minimum Gasteiger partial charge on any atom is -0.490 e. The number of carbonyl (C=O) groups is 2. The predicted octanol–water partition coefficient (Wildman–Crippen LogP) is 6.23. The zero-order valence-corrected chi connectivity index (χ0v) is 31.0. The number of ether oxygens (including phenoxy) is 2. The maximum Gasteiger partial charge on any atom is 0.286 e.